The van der Waals surface area contributed by atoms with Crippen molar-refractivity contribution in [2.45, 2.75) is 46.6 Å². The van der Waals surface area contributed by atoms with Gasteiger partial charge in [0.1, 0.15) is 0 Å². The van der Waals surface area contributed by atoms with Crippen LogP contribution >= 0.6 is 0 Å². The van der Waals surface area contributed by atoms with Crippen LogP contribution in [0.3, 0.4) is 0 Å². The van der Waals surface area contributed by atoms with Crippen LogP contribution in [-0.4, -0.2) is 34.4 Å². The van der Waals surface area contributed by atoms with Crippen molar-refractivity contribution >= 4 is 5.78 Å². The molecule has 0 aliphatic heterocycles. The first-order chi connectivity index (χ1) is 8.20. The van der Waals surface area contributed by atoms with E-state index in [0.29, 0.717) is 6.54 Å². The fourth-order valence-electron chi connectivity index (χ4n) is 1.92. The Hall–Kier alpha value is -1.09. The molecule has 102 valence electrons. The van der Waals surface area contributed by atoms with Gasteiger partial charge in [-0.25, -0.2) is 0 Å². The highest BCUT2D eigenvalue weighted by Gasteiger charge is 2.24. The molecule has 0 atom stereocenters. The zero-order valence-electron chi connectivity index (χ0n) is 12.8. The molecule has 1 rings (SSSR count). The number of rotatable bonds is 5. The van der Waals surface area contributed by atoms with Crippen molar-refractivity contribution in [1.29, 1.82) is 0 Å². The Morgan fingerprint density at radius 1 is 1.39 bits per heavy atom. The molecule has 1 aromatic heterocycles. The number of carbonyl (C=O) groups is 1. The highest BCUT2D eigenvalue weighted by Crippen LogP contribution is 2.19. The molecule has 0 amide bonds. The molecule has 1 heterocycles. The van der Waals surface area contributed by atoms with Gasteiger partial charge in [0.15, 0.2) is 5.78 Å². The summed E-state index contributed by atoms with van der Waals surface area (Å²) in [6, 6.07) is 1.99. The van der Waals surface area contributed by atoms with Gasteiger partial charge in [-0.15, -0.1) is 0 Å². The van der Waals surface area contributed by atoms with Crippen LogP contribution in [0, 0.1) is 13.8 Å². The number of aromatic nitrogens is 1. The summed E-state index contributed by atoms with van der Waals surface area (Å²) in [5, 5.41) is 0. The normalized spacial score (nSPS) is 12.2. The van der Waals surface area contributed by atoms with Crippen molar-refractivity contribution < 1.29 is 4.79 Å². The van der Waals surface area contributed by atoms with Gasteiger partial charge in [-0.05, 0) is 47.2 Å². The van der Waals surface area contributed by atoms with Crippen LogP contribution in [0.25, 0.3) is 0 Å². The fraction of sp³-hybridized carbons (Fsp3) is 0.667. The van der Waals surface area contributed by atoms with Crippen LogP contribution in [0.2, 0.25) is 0 Å². The molecule has 0 spiro atoms. The highest BCUT2D eigenvalue weighted by molar-refractivity contribution is 5.99. The number of likely N-dealkylation sites (N-methyl/N-ethyl adjacent to an activating group) is 1. The Bertz CT molecular complexity index is 444. The van der Waals surface area contributed by atoms with E-state index >= 15 is 0 Å². The second-order valence-corrected chi connectivity index (χ2v) is 5.79. The van der Waals surface area contributed by atoms with E-state index in [0.717, 1.165) is 23.4 Å². The number of hydrogen-bond acceptors (Lipinski definition) is 2. The van der Waals surface area contributed by atoms with Crippen molar-refractivity contribution in [3.8, 4) is 0 Å². The summed E-state index contributed by atoms with van der Waals surface area (Å²) in [6.07, 6.45) is 1.03. The second kappa shape index (κ2) is 5.27. The molecule has 0 saturated carbocycles. The number of ketones is 1. The summed E-state index contributed by atoms with van der Waals surface area (Å²) >= 11 is 0. The summed E-state index contributed by atoms with van der Waals surface area (Å²) in [5.41, 5.74) is 3.11. The van der Waals surface area contributed by atoms with E-state index in [1.165, 1.54) is 0 Å². The maximum atomic E-state index is 12.3. The van der Waals surface area contributed by atoms with Crippen LogP contribution in [0.15, 0.2) is 6.07 Å². The van der Waals surface area contributed by atoms with Crippen LogP contribution < -0.4 is 0 Å². The Morgan fingerprint density at radius 2 is 1.94 bits per heavy atom. The molecule has 0 saturated heterocycles. The van der Waals surface area contributed by atoms with Crippen molar-refractivity contribution in [1.82, 2.24) is 9.47 Å². The van der Waals surface area contributed by atoms with E-state index in [9.17, 15) is 4.79 Å². The molecule has 18 heavy (non-hydrogen) atoms. The molecule has 0 N–H and O–H groups in total. The standard InChI is InChI=1S/C15H26N2O/c1-8-15(4,5)16(6)10-14(18)13-9-11(2)17(7)12(13)3/h9H,8,10H2,1-7H3. The molecule has 0 bridgehead atoms. The van der Waals surface area contributed by atoms with E-state index in [-0.39, 0.29) is 11.3 Å². The first-order valence-corrected chi connectivity index (χ1v) is 6.58. The second-order valence-electron chi connectivity index (χ2n) is 5.79. The number of aryl methyl sites for hydroxylation is 1. The SMILES string of the molecule is CCC(C)(C)N(C)CC(=O)c1cc(C)n(C)c1C. The van der Waals surface area contributed by atoms with E-state index in [1.54, 1.807) is 0 Å². The van der Waals surface area contributed by atoms with Gasteiger partial charge < -0.3 is 4.57 Å². The minimum Gasteiger partial charge on any atom is -0.351 e. The molecule has 0 aliphatic rings. The molecule has 1 aromatic rings. The lowest BCUT2D eigenvalue weighted by atomic mass is 9.99. The van der Waals surface area contributed by atoms with Gasteiger partial charge in [-0.2, -0.15) is 0 Å². The number of nitrogens with zero attached hydrogens (tertiary/aromatic N) is 2. The van der Waals surface area contributed by atoms with Crippen molar-refractivity contribution in [3.63, 3.8) is 0 Å². The number of Topliss-reactive ketones (excluding diaryl/α,β-unsaturated/α-hetero) is 1. The molecule has 0 radical (unpaired) electrons. The quantitative estimate of drug-likeness (QED) is 0.751. The predicted molar refractivity (Wildman–Crippen MR) is 76.2 cm³/mol. The molecule has 0 fully saturated rings. The zero-order valence-corrected chi connectivity index (χ0v) is 12.8. The van der Waals surface area contributed by atoms with Crippen LogP contribution in [0.5, 0.6) is 0 Å². The lowest BCUT2D eigenvalue weighted by Crippen LogP contribution is -2.43. The fourth-order valence-corrected chi connectivity index (χ4v) is 1.92. The Labute approximate surface area is 111 Å². The molecule has 3 nitrogen and oxygen atoms in total. The van der Waals surface area contributed by atoms with Gasteiger partial charge in [0.2, 0.25) is 0 Å². The first-order valence-electron chi connectivity index (χ1n) is 6.58. The molecule has 0 unspecified atom stereocenters. The summed E-state index contributed by atoms with van der Waals surface area (Å²) < 4.78 is 2.07. The third kappa shape index (κ3) is 2.83. The van der Waals surface area contributed by atoms with Gasteiger partial charge in [0.05, 0.1) is 6.54 Å². The lowest BCUT2D eigenvalue weighted by molar-refractivity contribution is 0.0846. The summed E-state index contributed by atoms with van der Waals surface area (Å²) in [7, 11) is 4.02. The molecule has 0 aromatic carbocycles. The van der Waals surface area contributed by atoms with E-state index < -0.39 is 0 Å². The molecular weight excluding hydrogens is 224 g/mol. The highest BCUT2D eigenvalue weighted by atomic mass is 16.1. The largest absolute Gasteiger partial charge is 0.351 e. The summed E-state index contributed by atoms with van der Waals surface area (Å²) in [5.74, 6) is 0.209. The zero-order chi connectivity index (χ0) is 14.1. The van der Waals surface area contributed by atoms with Gasteiger partial charge in [-0.3, -0.25) is 9.69 Å². The van der Waals surface area contributed by atoms with Crippen LogP contribution in [0.1, 0.15) is 48.9 Å². The van der Waals surface area contributed by atoms with Crippen molar-refractivity contribution in [2.75, 3.05) is 13.6 Å². The average molecular weight is 250 g/mol. The van der Waals surface area contributed by atoms with E-state index in [4.69, 9.17) is 0 Å². The smallest absolute Gasteiger partial charge is 0.178 e. The van der Waals surface area contributed by atoms with E-state index in [1.807, 2.05) is 34.0 Å². The Kier molecular flexibility index (Phi) is 4.38. The Balaban J connectivity index is 2.86. The first kappa shape index (κ1) is 15.0. The maximum absolute atomic E-state index is 12.3. The predicted octanol–water partition coefficient (Wildman–Crippen LogP) is 2.95. The van der Waals surface area contributed by atoms with Gasteiger partial charge in [-0.1, -0.05) is 6.92 Å². The van der Waals surface area contributed by atoms with Crippen molar-refractivity contribution in [3.05, 3.63) is 23.0 Å². The number of hydrogen-bond donors (Lipinski definition) is 0. The van der Waals surface area contributed by atoms with E-state index in [2.05, 4.69) is 30.2 Å². The van der Waals surface area contributed by atoms with Gasteiger partial charge in [0, 0.05) is 29.5 Å². The van der Waals surface area contributed by atoms with Gasteiger partial charge in [0.25, 0.3) is 0 Å². The summed E-state index contributed by atoms with van der Waals surface area (Å²) in [6.45, 7) is 11.0. The molecule has 3 heteroatoms. The monoisotopic (exact) mass is 250 g/mol. The average Bonchev–Trinajstić information content (AvgIpc) is 2.56. The van der Waals surface area contributed by atoms with Crippen LogP contribution in [-0.2, 0) is 7.05 Å². The lowest BCUT2D eigenvalue weighted by Gasteiger charge is -2.34. The van der Waals surface area contributed by atoms with Gasteiger partial charge >= 0.3 is 0 Å². The maximum Gasteiger partial charge on any atom is 0.178 e. The van der Waals surface area contributed by atoms with Crippen LogP contribution in [0.4, 0.5) is 0 Å². The molecule has 0 aliphatic carbocycles. The number of carbonyl (C=O) groups excluding carboxylic acids is 1. The summed E-state index contributed by atoms with van der Waals surface area (Å²) in [4.78, 5) is 14.5. The molecular formula is C15H26N2O. The topological polar surface area (TPSA) is 25.2 Å². The minimum absolute atomic E-state index is 0.0629. The van der Waals surface area contributed by atoms with Crippen molar-refractivity contribution in [2.24, 2.45) is 7.05 Å². The Morgan fingerprint density at radius 3 is 2.33 bits per heavy atom. The third-order valence-electron chi connectivity index (χ3n) is 4.35. The minimum atomic E-state index is 0.0629. The third-order valence-corrected chi connectivity index (χ3v) is 4.35.